The highest BCUT2D eigenvalue weighted by molar-refractivity contribution is 7.89. The van der Waals surface area contributed by atoms with Crippen molar-refractivity contribution in [2.24, 2.45) is 0 Å². The Kier molecular flexibility index (Phi) is 7.43. The van der Waals surface area contributed by atoms with E-state index in [1.165, 1.54) is 25.3 Å². The van der Waals surface area contributed by atoms with Crippen molar-refractivity contribution in [1.29, 1.82) is 0 Å². The quantitative estimate of drug-likeness (QED) is 0.515. The molecule has 0 saturated heterocycles. The van der Waals surface area contributed by atoms with Crippen LogP contribution < -0.4 is 4.72 Å². The van der Waals surface area contributed by atoms with Crippen molar-refractivity contribution in [2.45, 2.75) is 17.9 Å². The van der Waals surface area contributed by atoms with Crippen LogP contribution in [-0.4, -0.2) is 27.5 Å². The van der Waals surface area contributed by atoms with Crippen LogP contribution in [0, 0.1) is 6.92 Å². The molecule has 148 valence electrons. The Balaban J connectivity index is 2.40. The molecule has 2 aromatic carbocycles. The molecule has 0 aliphatic carbocycles. The highest BCUT2D eigenvalue weighted by atomic mass is 35.5. The number of benzene rings is 2. The van der Waals surface area contributed by atoms with Crippen molar-refractivity contribution in [3.63, 3.8) is 0 Å². The van der Waals surface area contributed by atoms with E-state index in [4.69, 9.17) is 23.2 Å². The van der Waals surface area contributed by atoms with Crippen LogP contribution in [0.25, 0.3) is 5.03 Å². The molecular weight excluding hydrogens is 421 g/mol. The molecule has 0 aliphatic heterocycles. The lowest BCUT2D eigenvalue weighted by atomic mass is 10.1. The first-order valence-corrected chi connectivity index (χ1v) is 10.4. The van der Waals surface area contributed by atoms with Gasteiger partial charge in [0.1, 0.15) is 0 Å². The highest BCUT2D eigenvalue weighted by Crippen LogP contribution is 2.23. The lowest BCUT2D eigenvalue weighted by Gasteiger charge is -2.17. The number of methoxy groups -OCH3 is 1. The van der Waals surface area contributed by atoms with E-state index in [2.05, 4.69) is 16.0 Å². The van der Waals surface area contributed by atoms with Crippen LogP contribution in [0.4, 0.5) is 0 Å². The number of hydrogen-bond acceptors (Lipinski definition) is 4. The van der Waals surface area contributed by atoms with Gasteiger partial charge in [-0.25, -0.2) is 13.2 Å². The van der Waals surface area contributed by atoms with E-state index in [-0.39, 0.29) is 15.5 Å². The first-order valence-electron chi connectivity index (χ1n) is 8.13. The molecule has 0 aliphatic rings. The van der Waals surface area contributed by atoms with Crippen LogP contribution in [-0.2, 0) is 19.6 Å². The number of aryl methyl sites for hydroxylation is 1. The second-order valence-corrected chi connectivity index (χ2v) is 8.51. The summed E-state index contributed by atoms with van der Waals surface area (Å²) in [6.45, 7) is 5.50. The molecule has 2 rings (SSSR count). The number of rotatable bonds is 7. The Labute approximate surface area is 174 Å². The lowest BCUT2D eigenvalue weighted by Crippen LogP contribution is -2.37. The third-order valence-electron chi connectivity index (χ3n) is 3.87. The van der Waals surface area contributed by atoms with E-state index in [9.17, 15) is 13.2 Å². The largest absolute Gasteiger partial charge is 0.466 e. The zero-order valence-electron chi connectivity index (χ0n) is 15.3. The van der Waals surface area contributed by atoms with Gasteiger partial charge in [0.25, 0.3) is 0 Å². The Morgan fingerprint density at radius 2 is 1.71 bits per heavy atom. The maximum Gasteiger partial charge on any atom is 0.335 e. The Hall–Kier alpha value is -2.12. The number of sulfonamides is 1. The second-order valence-electron chi connectivity index (χ2n) is 5.95. The summed E-state index contributed by atoms with van der Waals surface area (Å²) in [5.74, 6) is -0.756. The molecule has 5 nitrogen and oxygen atoms in total. The smallest absolute Gasteiger partial charge is 0.335 e. The van der Waals surface area contributed by atoms with Gasteiger partial charge < -0.3 is 4.74 Å². The van der Waals surface area contributed by atoms with Gasteiger partial charge in [-0.3, -0.25) is 0 Å². The molecule has 0 spiro atoms. The SMILES string of the molecule is C=C(C(=O)OC)C(/C=C(\Cl)c1ccc(Cl)cc1)NS(=O)(=O)c1ccc(C)cc1. The third-order valence-corrected chi connectivity index (χ3v) is 5.92. The number of halogens is 2. The molecule has 28 heavy (non-hydrogen) atoms. The first kappa shape index (κ1) is 22.2. The molecule has 0 fully saturated rings. The fourth-order valence-corrected chi connectivity index (χ4v) is 3.82. The van der Waals surface area contributed by atoms with Crippen molar-refractivity contribution in [2.75, 3.05) is 7.11 Å². The van der Waals surface area contributed by atoms with Gasteiger partial charge in [-0.2, -0.15) is 4.72 Å². The molecule has 0 heterocycles. The van der Waals surface area contributed by atoms with Crippen molar-refractivity contribution >= 4 is 44.2 Å². The van der Waals surface area contributed by atoms with Crippen molar-refractivity contribution in [3.8, 4) is 0 Å². The van der Waals surface area contributed by atoms with Gasteiger partial charge in [-0.1, -0.05) is 59.6 Å². The molecule has 1 atom stereocenters. The molecule has 0 radical (unpaired) electrons. The van der Waals surface area contributed by atoms with E-state index in [0.29, 0.717) is 10.6 Å². The zero-order valence-corrected chi connectivity index (χ0v) is 17.6. The van der Waals surface area contributed by atoms with Crippen LogP contribution in [0.15, 0.2) is 71.7 Å². The topological polar surface area (TPSA) is 72.5 Å². The number of nitrogens with one attached hydrogen (secondary N) is 1. The first-order chi connectivity index (χ1) is 13.1. The van der Waals surface area contributed by atoms with Gasteiger partial charge in [0.2, 0.25) is 10.0 Å². The van der Waals surface area contributed by atoms with Crippen molar-refractivity contribution in [3.05, 3.63) is 82.9 Å². The number of hydrogen-bond donors (Lipinski definition) is 1. The molecule has 2 aromatic rings. The minimum Gasteiger partial charge on any atom is -0.466 e. The van der Waals surface area contributed by atoms with Gasteiger partial charge in [0.15, 0.2) is 0 Å². The van der Waals surface area contributed by atoms with E-state index in [1.54, 1.807) is 36.4 Å². The summed E-state index contributed by atoms with van der Waals surface area (Å²) < 4.78 is 32.6. The summed E-state index contributed by atoms with van der Waals surface area (Å²) in [5.41, 5.74) is 1.41. The summed E-state index contributed by atoms with van der Waals surface area (Å²) >= 11 is 12.2. The summed E-state index contributed by atoms with van der Waals surface area (Å²) in [6, 6.07) is 11.8. The summed E-state index contributed by atoms with van der Waals surface area (Å²) in [6.07, 6.45) is 1.38. The van der Waals surface area contributed by atoms with E-state index >= 15 is 0 Å². The van der Waals surface area contributed by atoms with E-state index in [0.717, 1.165) is 5.56 Å². The lowest BCUT2D eigenvalue weighted by molar-refractivity contribution is -0.136. The Bertz CT molecular complexity index is 998. The highest BCUT2D eigenvalue weighted by Gasteiger charge is 2.25. The molecule has 0 amide bonds. The van der Waals surface area contributed by atoms with E-state index < -0.39 is 22.0 Å². The Morgan fingerprint density at radius 3 is 2.25 bits per heavy atom. The minimum atomic E-state index is -3.94. The minimum absolute atomic E-state index is 0.0526. The fourth-order valence-electron chi connectivity index (χ4n) is 2.27. The zero-order chi connectivity index (χ0) is 20.9. The molecule has 0 saturated carbocycles. The normalized spacial score (nSPS) is 13.1. The van der Waals surface area contributed by atoms with Gasteiger partial charge >= 0.3 is 5.97 Å². The van der Waals surface area contributed by atoms with E-state index in [1.807, 2.05) is 6.92 Å². The molecule has 8 heteroatoms. The monoisotopic (exact) mass is 439 g/mol. The average Bonchev–Trinajstić information content (AvgIpc) is 2.66. The second kappa shape index (κ2) is 9.39. The Morgan fingerprint density at radius 1 is 1.14 bits per heavy atom. The van der Waals surface area contributed by atoms with Gasteiger partial charge in [0.05, 0.1) is 23.6 Å². The molecule has 0 aromatic heterocycles. The van der Waals surface area contributed by atoms with Crippen LogP contribution in [0.1, 0.15) is 11.1 Å². The average molecular weight is 440 g/mol. The summed E-state index contributed by atoms with van der Waals surface area (Å²) in [7, 11) is -2.76. The number of carbonyl (C=O) groups is 1. The van der Waals surface area contributed by atoms with Crippen LogP contribution in [0.2, 0.25) is 5.02 Å². The van der Waals surface area contributed by atoms with Crippen molar-refractivity contribution < 1.29 is 17.9 Å². The van der Waals surface area contributed by atoms with Gasteiger partial charge in [0, 0.05) is 10.1 Å². The molecular formula is C20H19Cl2NO4S. The molecule has 1 N–H and O–H groups in total. The number of esters is 1. The molecule has 1 unspecified atom stereocenters. The van der Waals surface area contributed by atoms with Gasteiger partial charge in [-0.15, -0.1) is 0 Å². The fraction of sp³-hybridized carbons (Fsp3) is 0.150. The maximum atomic E-state index is 12.7. The third kappa shape index (κ3) is 5.69. The predicted molar refractivity (Wildman–Crippen MR) is 112 cm³/mol. The molecule has 0 bridgehead atoms. The maximum absolute atomic E-state index is 12.7. The number of carbonyl (C=O) groups excluding carboxylic acids is 1. The van der Waals surface area contributed by atoms with Gasteiger partial charge in [-0.05, 0) is 42.8 Å². The standard InChI is InChI=1S/C20H19Cl2NO4S/c1-13-4-10-17(11-5-13)28(25,26)23-19(14(2)20(24)27-3)12-18(22)15-6-8-16(21)9-7-15/h4-12,19,23H,2H2,1,3H3/b18-12-. The van der Waals surface area contributed by atoms with Crippen LogP contribution in [0.5, 0.6) is 0 Å². The summed E-state index contributed by atoms with van der Waals surface area (Å²) in [5, 5.41) is 0.752. The predicted octanol–water partition coefficient (Wildman–Crippen LogP) is 4.30. The number of ether oxygens (including phenoxy) is 1. The summed E-state index contributed by atoms with van der Waals surface area (Å²) in [4.78, 5) is 12.0. The van der Waals surface area contributed by atoms with Crippen LogP contribution >= 0.6 is 23.2 Å². The van der Waals surface area contributed by atoms with Crippen molar-refractivity contribution in [1.82, 2.24) is 4.72 Å². The van der Waals surface area contributed by atoms with Crippen LogP contribution in [0.3, 0.4) is 0 Å².